The second kappa shape index (κ2) is 5.38. The molecule has 0 aliphatic carbocycles. The van der Waals surface area contributed by atoms with Crippen molar-refractivity contribution < 1.29 is 14.0 Å². The van der Waals surface area contributed by atoms with Gasteiger partial charge in [0.2, 0.25) is 0 Å². The van der Waals surface area contributed by atoms with Gasteiger partial charge in [0.1, 0.15) is 11.4 Å². The number of imide groups is 1. The maximum atomic E-state index is 13.9. The molecule has 0 saturated carbocycles. The van der Waals surface area contributed by atoms with Gasteiger partial charge in [-0.25, -0.2) is 9.18 Å². The summed E-state index contributed by atoms with van der Waals surface area (Å²) >= 11 is 3.18. The highest BCUT2D eigenvalue weighted by molar-refractivity contribution is 9.10. The Bertz CT molecular complexity index is 602. The molecule has 1 unspecified atom stereocenters. The van der Waals surface area contributed by atoms with Crippen LogP contribution in [0.2, 0.25) is 0 Å². The zero-order chi connectivity index (χ0) is 15.0. The van der Waals surface area contributed by atoms with Crippen LogP contribution in [0.4, 0.5) is 9.18 Å². The maximum Gasteiger partial charge on any atom is 0.325 e. The summed E-state index contributed by atoms with van der Waals surface area (Å²) in [5, 5.41) is 5.89. The average Bonchev–Trinajstić information content (AvgIpc) is 2.67. The van der Waals surface area contributed by atoms with E-state index in [9.17, 15) is 14.0 Å². The third kappa shape index (κ3) is 2.55. The Morgan fingerprint density at radius 2 is 2.19 bits per heavy atom. The van der Waals surface area contributed by atoms with Gasteiger partial charge in [-0.2, -0.15) is 0 Å². The molecule has 0 aromatic heterocycles. The van der Waals surface area contributed by atoms with Crippen LogP contribution >= 0.6 is 15.9 Å². The number of nitrogens with one attached hydrogen (secondary N) is 2. The Kier molecular flexibility index (Phi) is 3.71. The predicted octanol–water partition coefficient (Wildman–Crippen LogP) is 1.76. The largest absolute Gasteiger partial charge is 0.325 e. The van der Waals surface area contributed by atoms with Crippen molar-refractivity contribution in [2.75, 3.05) is 13.1 Å². The molecule has 2 heterocycles. The Morgan fingerprint density at radius 3 is 2.86 bits per heavy atom. The molecule has 2 saturated heterocycles. The summed E-state index contributed by atoms with van der Waals surface area (Å²) in [6, 6.07) is 4.14. The molecule has 5 nitrogen and oxygen atoms in total. The lowest BCUT2D eigenvalue weighted by Crippen LogP contribution is -2.57. The van der Waals surface area contributed by atoms with Gasteiger partial charge in [-0.05, 0) is 31.5 Å². The van der Waals surface area contributed by atoms with Gasteiger partial charge < -0.3 is 10.6 Å². The van der Waals surface area contributed by atoms with Gasteiger partial charge in [0.15, 0.2) is 0 Å². The molecule has 1 aromatic rings. The van der Waals surface area contributed by atoms with E-state index in [1.54, 1.807) is 12.1 Å². The lowest BCUT2D eigenvalue weighted by molar-refractivity contribution is -0.132. The molecule has 1 atom stereocenters. The van der Waals surface area contributed by atoms with E-state index in [-0.39, 0.29) is 12.5 Å². The summed E-state index contributed by atoms with van der Waals surface area (Å²) in [6.07, 6.45) is 1.44. The second-order valence-corrected chi connectivity index (χ2v) is 6.34. The minimum Gasteiger partial charge on any atom is -0.322 e. The molecule has 112 valence electrons. The first-order valence-corrected chi connectivity index (χ1v) is 7.60. The van der Waals surface area contributed by atoms with E-state index in [1.807, 2.05) is 0 Å². The minimum absolute atomic E-state index is 0.0501. The number of carbonyl (C=O) groups excluding carboxylic acids is 2. The highest BCUT2D eigenvalue weighted by atomic mass is 79.9. The van der Waals surface area contributed by atoms with Crippen LogP contribution in [0.3, 0.4) is 0 Å². The summed E-state index contributed by atoms with van der Waals surface area (Å²) in [5.41, 5.74) is -0.538. The Labute approximate surface area is 130 Å². The smallest absolute Gasteiger partial charge is 0.322 e. The lowest BCUT2D eigenvalue weighted by atomic mass is 9.90. The highest BCUT2D eigenvalue weighted by Gasteiger charge is 2.51. The maximum absolute atomic E-state index is 13.9. The summed E-state index contributed by atoms with van der Waals surface area (Å²) in [4.78, 5) is 25.7. The fourth-order valence-electron chi connectivity index (χ4n) is 2.83. The minimum atomic E-state index is -0.860. The van der Waals surface area contributed by atoms with Crippen LogP contribution in [0.1, 0.15) is 18.4 Å². The van der Waals surface area contributed by atoms with E-state index >= 15 is 0 Å². The highest BCUT2D eigenvalue weighted by Crippen LogP contribution is 2.27. The SMILES string of the molecule is O=C1NC2(CCCNC2)C(=O)N1Cc1ccc(Br)cc1F. The molecule has 3 rings (SSSR count). The molecule has 0 radical (unpaired) electrons. The van der Waals surface area contributed by atoms with Crippen molar-refractivity contribution in [1.82, 2.24) is 15.5 Å². The first-order valence-electron chi connectivity index (χ1n) is 6.81. The van der Waals surface area contributed by atoms with Crippen molar-refractivity contribution in [2.24, 2.45) is 0 Å². The molecular formula is C14H15BrFN3O2. The van der Waals surface area contributed by atoms with Crippen molar-refractivity contribution in [3.63, 3.8) is 0 Å². The van der Waals surface area contributed by atoms with Crippen molar-refractivity contribution >= 4 is 27.9 Å². The van der Waals surface area contributed by atoms with Gasteiger partial charge in [0, 0.05) is 16.6 Å². The number of hydrogen-bond acceptors (Lipinski definition) is 3. The standard InChI is InChI=1S/C14H15BrFN3O2/c15-10-3-2-9(11(16)6-10)7-19-12(20)14(18-13(19)21)4-1-5-17-8-14/h2-3,6,17H,1,4-5,7-8H2,(H,18,21). The number of benzene rings is 1. The van der Waals surface area contributed by atoms with Crippen LogP contribution in [0.15, 0.2) is 22.7 Å². The van der Waals surface area contributed by atoms with Crippen LogP contribution < -0.4 is 10.6 Å². The Morgan fingerprint density at radius 1 is 1.38 bits per heavy atom. The molecular weight excluding hydrogens is 341 g/mol. The van der Waals surface area contributed by atoms with Gasteiger partial charge in [-0.3, -0.25) is 9.69 Å². The molecule has 2 N–H and O–H groups in total. The number of rotatable bonds is 2. The lowest BCUT2D eigenvalue weighted by Gasteiger charge is -2.31. The van der Waals surface area contributed by atoms with E-state index in [0.717, 1.165) is 17.9 Å². The summed E-state index contributed by atoms with van der Waals surface area (Å²) in [7, 11) is 0. The zero-order valence-electron chi connectivity index (χ0n) is 11.3. The van der Waals surface area contributed by atoms with Crippen molar-refractivity contribution in [3.05, 3.63) is 34.1 Å². The van der Waals surface area contributed by atoms with E-state index < -0.39 is 17.4 Å². The second-order valence-electron chi connectivity index (χ2n) is 5.42. The number of nitrogens with zero attached hydrogens (tertiary/aromatic N) is 1. The topological polar surface area (TPSA) is 61.4 Å². The first kappa shape index (κ1) is 14.5. The molecule has 2 fully saturated rings. The molecule has 0 bridgehead atoms. The molecule has 1 aromatic carbocycles. The number of hydrogen-bond donors (Lipinski definition) is 2. The van der Waals surface area contributed by atoms with Crippen LogP contribution in [0.5, 0.6) is 0 Å². The fraction of sp³-hybridized carbons (Fsp3) is 0.429. The molecule has 3 amide bonds. The molecule has 7 heteroatoms. The molecule has 2 aliphatic heterocycles. The predicted molar refractivity (Wildman–Crippen MR) is 78.0 cm³/mol. The fourth-order valence-corrected chi connectivity index (χ4v) is 3.17. The summed E-state index contributed by atoms with van der Waals surface area (Å²) in [6.45, 7) is 1.22. The third-order valence-corrected chi connectivity index (χ3v) is 4.47. The zero-order valence-corrected chi connectivity index (χ0v) is 12.9. The Balaban J connectivity index is 1.82. The molecule has 1 spiro atoms. The monoisotopic (exact) mass is 355 g/mol. The number of urea groups is 1. The van der Waals surface area contributed by atoms with Crippen LogP contribution in [-0.4, -0.2) is 35.5 Å². The summed E-state index contributed by atoms with van der Waals surface area (Å²) in [5.74, 6) is -0.713. The third-order valence-electron chi connectivity index (χ3n) is 3.97. The number of halogens is 2. The van der Waals surface area contributed by atoms with Crippen molar-refractivity contribution in [3.8, 4) is 0 Å². The number of piperidine rings is 1. The van der Waals surface area contributed by atoms with E-state index in [0.29, 0.717) is 23.0 Å². The van der Waals surface area contributed by atoms with Gasteiger partial charge >= 0.3 is 6.03 Å². The average molecular weight is 356 g/mol. The van der Waals surface area contributed by atoms with E-state index in [2.05, 4.69) is 26.6 Å². The van der Waals surface area contributed by atoms with Crippen molar-refractivity contribution in [2.45, 2.75) is 24.9 Å². The van der Waals surface area contributed by atoms with Crippen LogP contribution in [0, 0.1) is 5.82 Å². The molecule has 2 aliphatic rings. The van der Waals surface area contributed by atoms with E-state index in [4.69, 9.17) is 0 Å². The van der Waals surface area contributed by atoms with Crippen molar-refractivity contribution in [1.29, 1.82) is 0 Å². The quantitative estimate of drug-likeness (QED) is 0.794. The normalized spacial score (nSPS) is 25.5. The van der Waals surface area contributed by atoms with Gasteiger partial charge in [-0.15, -0.1) is 0 Å². The first-order chi connectivity index (χ1) is 10.0. The molecule has 21 heavy (non-hydrogen) atoms. The Hall–Kier alpha value is -1.47. The van der Waals surface area contributed by atoms with Crippen LogP contribution in [-0.2, 0) is 11.3 Å². The van der Waals surface area contributed by atoms with Gasteiger partial charge in [0.25, 0.3) is 5.91 Å². The summed E-state index contributed by atoms with van der Waals surface area (Å²) < 4.78 is 14.5. The van der Waals surface area contributed by atoms with Gasteiger partial charge in [0.05, 0.1) is 6.54 Å². The van der Waals surface area contributed by atoms with Gasteiger partial charge in [-0.1, -0.05) is 22.0 Å². The number of carbonyl (C=O) groups is 2. The number of amides is 3. The van der Waals surface area contributed by atoms with E-state index in [1.165, 1.54) is 6.07 Å². The van der Waals surface area contributed by atoms with Crippen LogP contribution in [0.25, 0.3) is 0 Å².